The SMILES string of the molecule is Cc1cc(NN)cc(C)c1S(=O)(=O)Nc1ccnn1C. The van der Waals surface area contributed by atoms with Crippen molar-refractivity contribution in [2.45, 2.75) is 18.7 Å². The van der Waals surface area contributed by atoms with E-state index in [1.165, 1.54) is 10.9 Å². The Morgan fingerprint density at radius 2 is 1.85 bits per heavy atom. The van der Waals surface area contributed by atoms with Crippen molar-refractivity contribution < 1.29 is 8.42 Å². The topological polar surface area (TPSA) is 102 Å². The first kappa shape index (κ1) is 14.4. The standard InChI is InChI=1S/C12H17N5O2S/c1-8-6-10(15-13)7-9(2)12(8)20(18,19)16-11-4-5-14-17(11)3/h4-7,15-16H,13H2,1-3H3. The molecule has 0 fully saturated rings. The van der Waals surface area contributed by atoms with Crippen molar-refractivity contribution in [3.05, 3.63) is 35.5 Å². The molecule has 7 nitrogen and oxygen atoms in total. The number of nitrogens with zero attached hydrogens (tertiary/aromatic N) is 2. The Kier molecular flexibility index (Phi) is 3.69. The van der Waals surface area contributed by atoms with Crippen molar-refractivity contribution >= 4 is 21.5 Å². The van der Waals surface area contributed by atoms with Crippen LogP contribution < -0.4 is 16.0 Å². The Balaban J connectivity index is 2.47. The summed E-state index contributed by atoms with van der Waals surface area (Å²) in [4.78, 5) is 0.248. The first-order valence-electron chi connectivity index (χ1n) is 5.94. The van der Waals surface area contributed by atoms with Crippen LogP contribution in [0.25, 0.3) is 0 Å². The van der Waals surface area contributed by atoms with Crippen LogP contribution >= 0.6 is 0 Å². The molecular weight excluding hydrogens is 278 g/mol. The second kappa shape index (κ2) is 5.14. The lowest BCUT2D eigenvalue weighted by atomic mass is 10.1. The number of rotatable bonds is 4. The van der Waals surface area contributed by atoms with Crippen molar-refractivity contribution in [3.63, 3.8) is 0 Å². The van der Waals surface area contributed by atoms with Gasteiger partial charge in [-0.3, -0.25) is 15.2 Å². The lowest BCUT2D eigenvalue weighted by molar-refractivity contribution is 0.599. The van der Waals surface area contributed by atoms with Crippen molar-refractivity contribution in [2.75, 3.05) is 10.1 Å². The van der Waals surface area contributed by atoms with Gasteiger partial charge in [-0.2, -0.15) is 5.10 Å². The molecule has 20 heavy (non-hydrogen) atoms. The Morgan fingerprint density at radius 1 is 1.25 bits per heavy atom. The number of nitrogens with one attached hydrogen (secondary N) is 2. The maximum absolute atomic E-state index is 12.5. The third-order valence-corrected chi connectivity index (χ3v) is 4.61. The fraction of sp³-hybridized carbons (Fsp3) is 0.250. The largest absolute Gasteiger partial charge is 0.324 e. The van der Waals surface area contributed by atoms with Crippen LogP contribution in [0.5, 0.6) is 0 Å². The fourth-order valence-corrected chi connectivity index (χ4v) is 3.66. The number of nitrogens with two attached hydrogens (primary N) is 1. The molecule has 1 aromatic carbocycles. The number of sulfonamides is 1. The maximum Gasteiger partial charge on any atom is 0.263 e. The van der Waals surface area contributed by atoms with Crippen LogP contribution in [0.1, 0.15) is 11.1 Å². The minimum absolute atomic E-state index is 0.248. The smallest absolute Gasteiger partial charge is 0.263 e. The van der Waals surface area contributed by atoms with Crippen LogP contribution in [0.2, 0.25) is 0 Å². The summed E-state index contributed by atoms with van der Waals surface area (Å²) < 4.78 is 29.0. The molecule has 0 aliphatic heterocycles. The van der Waals surface area contributed by atoms with Crippen molar-refractivity contribution in [2.24, 2.45) is 12.9 Å². The molecule has 108 valence electrons. The van der Waals surface area contributed by atoms with Crippen LogP contribution in [0.15, 0.2) is 29.3 Å². The number of anilines is 2. The quantitative estimate of drug-likeness (QED) is 0.579. The predicted octanol–water partition coefficient (Wildman–Crippen LogP) is 1.12. The van der Waals surface area contributed by atoms with Gasteiger partial charge < -0.3 is 5.43 Å². The molecule has 0 amide bonds. The van der Waals surface area contributed by atoms with Crippen molar-refractivity contribution in [3.8, 4) is 0 Å². The highest BCUT2D eigenvalue weighted by atomic mass is 32.2. The molecule has 0 radical (unpaired) electrons. The Hall–Kier alpha value is -2.06. The molecule has 0 saturated carbocycles. The molecule has 8 heteroatoms. The van der Waals surface area contributed by atoms with E-state index in [1.807, 2.05) is 0 Å². The molecule has 0 atom stereocenters. The zero-order chi connectivity index (χ0) is 14.9. The molecule has 0 bridgehead atoms. The van der Waals surface area contributed by atoms with Gasteiger partial charge in [0.25, 0.3) is 10.0 Å². The molecule has 0 saturated heterocycles. The van der Waals surface area contributed by atoms with Gasteiger partial charge in [0, 0.05) is 18.8 Å². The normalized spacial score (nSPS) is 11.4. The second-order valence-electron chi connectivity index (χ2n) is 4.53. The number of hydrogen-bond acceptors (Lipinski definition) is 5. The number of aromatic nitrogens is 2. The molecular formula is C12H17N5O2S. The summed E-state index contributed by atoms with van der Waals surface area (Å²) in [7, 11) is -2.01. The molecule has 2 aromatic rings. The molecule has 0 aliphatic rings. The van der Waals surface area contributed by atoms with Crippen molar-refractivity contribution in [1.82, 2.24) is 9.78 Å². The summed E-state index contributed by atoms with van der Waals surface area (Å²) in [5.74, 6) is 5.76. The van der Waals surface area contributed by atoms with E-state index in [4.69, 9.17) is 5.84 Å². The summed E-state index contributed by atoms with van der Waals surface area (Å²) in [5, 5.41) is 3.93. The van der Waals surface area contributed by atoms with E-state index in [9.17, 15) is 8.42 Å². The second-order valence-corrected chi connectivity index (χ2v) is 6.15. The Labute approximate surface area is 117 Å². The fourth-order valence-electron chi connectivity index (χ4n) is 2.12. The number of aryl methyl sites for hydroxylation is 3. The van der Waals surface area contributed by atoms with Crippen LogP contribution in [-0.4, -0.2) is 18.2 Å². The highest BCUT2D eigenvalue weighted by Crippen LogP contribution is 2.25. The van der Waals surface area contributed by atoms with E-state index in [2.05, 4.69) is 15.2 Å². The predicted molar refractivity (Wildman–Crippen MR) is 77.7 cm³/mol. The highest BCUT2D eigenvalue weighted by molar-refractivity contribution is 7.92. The molecule has 0 spiro atoms. The summed E-state index contributed by atoms with van der Waals surface area (Å²) in [6.07, 6.45) is 1.53. The Morgan fingerprint density at radius 3 is 2.30 bits per heavy atom. The monoisotopic (exact) mass is 295 g/mol. The highest BCUT2D eigenvalue weighted by Gasteiger charge is 2.21. The number of hydrogen-bond donors (Lipinski definition) is 3. The third-order valence-electron chi connectivity index (χ3n) is 2.96. The lowest BCUT2D eigenvalue weighted by Crippen LogP contribution is -2.18. The zero-order valence-electron chi connectivity index (χ0n) is 11.5. The number of benzene rings is 1. The van der Waals surface area contributed by atoms with Crippen LogP contribution in [-0.2, 0) is 17.1 Å². The van der Waals surface area contributed by atoms with E-state index in [0.717, 1.165) is 0 Å². The van der Waals surface area contributed by atoms with Gasteiger partial charge in [-0.15, -0.1) is 0 Å². The van der Waals surface area contributed by atoms with E-state index < -0.39 is 10.0 Å². The zero-order valence-corrected chi connectivity index (χ0v) is 12.3. The Bertz CT molecular complexity index is 713. The molecule has 1 aromatic heterocycles. The molecule has 0 aliphatic carbocycles. The summed E-state index contributed by atoms with van der Waals surface area (Å²) in [6.45, 7) is 3.46. The molecule has 4 N–H and O–H groups in total. The van der Waals surface area contributed by atoms with Gasteiger partial charge in [-0.1, -0.05) is 0 Å². The first-order chi connectivity index (χ1) is 9.35. The van der Waals surface area contributed by atoms with E-state index in [0.29, 0.717) is 22.6 Å². The van der Waals surface area contributed by atoms with Gasteiger partial charge in [-0.25, -0.2) is 8.42 Å². The van der Waals surface area contributed by atoms with Gasteiger partial charge in [0.15, 0.2) is 0 Å². The van der Waals surface area contributed by atoms with E-state index in [-0.39, 0.29) is 4.90 Å². The van der Waals surface area contributed by atoms with Crippen LogP contribution in [0, 0.1) is 13.8 Å². The average molecular weight is 295 g/mol. The number of nitrogen functional groups attached to an aromatic ring is 1. The summed E-state index contributed by atoms with van der Waals surface area (Å²) in [6, 6.07) is 4.97. The van der Waals surface area contributed by atoms with Crippen LogP contribution in [0.4, 0.5) is 11.5 Å². The molecule has 0 unspecified atom stereocenters. The van der Waals surface area contributed by atoms with Gasteiger partial charge >= 0.3 is 0 Å². The van der Waals surface area contributed by atoms with Gasteiger partial charge in [0.2, 0.25) is 0 Å². The average Bonchev–Trinajstić information content (AvgIpc) is 2.72. The van der Waals surface area contributed by atoms with E-state index in [1.54, 1.807) is 39.1 Å². The molecule has 2 rings (SSSR count). The third kappa shape index (κ3) is 2.61. The summed E-state index contributed by atoms with van der Waals surface area (Å²) in [5.41, 5.74) is 4.42. The van der Waals surface area contributed by atoms with Gasteiger partial charge in [0.1, 0.15) is 5.82 Å². The molecule has 1 heterocycles. The van der Waals surface area contributed by atoms with Crippen molar-refractivity contribution in [1.29, 1.82) is 0 Å². The summed E-state index contributed by atoms with van der Waals surface area (Å²) >= 11 is 0. The van der Waals surface area contributed by atoms with Crippen LogP contribution in [0.3, 0.4) is 0 Å². The lowest BCUT2D eigenvalue weighted by Gasteiger charge is -2.14. The first-order valence-corrected chi connectivity index (χ1v) is 7.42. The van der Waals surface area contributed by atoms with E-state index >= 15 is 0 Å². The minimum atomic E-state index is -3.67. The van der Waals surface area contributed by atoms with Gasteiger partial charge in [0.05, 0.1) is 11.1 Å². The number of hydrazine groups is 1. The minimum Gasteiger partial charge on any atom is -0.324 e. The van der Waals surface area contributed by atoms with Gasteiger partial charge in [-0.05, 0) is 37.1 Å². The maximum atomic E-state index is 12.5.